The predicted molar refractivity (Wildman–Crippen MR) is 68.1 cm³/mol. The third-order valence-electron chi connectivity index (χ3n) is 3.39. The van der Waals surface area contributed by atoms with Crippen LogP contribution in [0.1, 0.15) is 46.0 Å². The van der Waals surface area contributed by atoms with E-state index >= 15 is 0 Å². The molecule has 106 valence electrons. The number of aliphatic hydroxyl groups excluding tert-OH is 1. The number of hydrogen-bond donors (Lipinski definition) is 3. The number of rotatable bonds is 6. The molecule has 0 aromatic rings. The monoisotopic (exact) mass is 259 g/mol. The summed E-state index contributed by atoms with van der Waals surface area (Å²) in [5.41, 5.74) is -1.09. The molecule has 5 nitrogen and oxygen atoms in total. The van der Waals surface area contributed by atoms with Gasteiger partial charge in [0.15, 0.2) is 0 Å². The Morgan fingerprint density at radius 3 is 2.78 bits per heavy atom. The molecule has 3 atom stereocenters. The van der Waals surface area contributed by atoms with Gasteiger partial charge >= 0.3 is 0 Å². The molecule has 18 heavy (non-hydrogen) atoms. The second kappa shape index (κ2) is 7.07. The maximum atomic E-state index is 11.7. The summed E-state index contributed by atoms with van der Waals surface area (Å²) in [4.78, 5) is 11.7. The average molecular weight is 259 g/mol. The van der Waals surface area contributed by atoms with Crippen LogP contribution in [0.15, 0.2) is 0 Å². The summed E-state index contributed by atoms with van der Waals surface area (Å²) in [6.07, 6.45) is 3.41. The van der Waals surface area contributed by atoms with Crippen molar-refractivity contribution in [2.75, 3.05) is 13.2 Å². The number of unbranched alkanes of at least 4 members (excludes halogenated alkanes) is 2. The minimum absolute atomic E-state index is 0.00954. The van der Waals surface area contributed by atoms with Crippen molar-refractivity contribution < 1.29 is 19.7 Å². The molecule has 0 aromatic heterocycles. The second-order valence-electron chi connectivity index (χ2n) is 5.29. The van der Waals surface area contributed by atoms with Crippen molar-refractivity contribution in [3.8, 4) is 0 Å². The normalized spacial score (nSPS) is 32.2. The summed E-state index contributed by atoms with van der Waals surface area (Å²) < 4.78 is 5.37. The first-order chi connectivity index (χ1) is 8.49. The van der Waals surface area contributed by atoms with Gasteiger partial charge in [0.2, 0.25) is 5.91 Å². The highest BCUT2D eigenvalue weighted by Crippen LogP contribution is 2.25. The van der Waals surface area contributed by atoms with Crippen LogP contribution in [0.5, 0.6) is 0 Å². The zero-order valence-electron chi connectivity index (χ0n) is 11.3. The van der Waals surface area contributed by atoms with Gasteiger partial charge in [-0.1, -0.05) is 19.8 Å². The zero-order chi connectivity index (χ0) is 13.6. The summed E-state index contributed by atoms with van der Waals surface area (Å²) in [5, 5.41) is 22.0. The lowest BCUT2D eigenvalue weighted by Crippen LogP contribution is -2.56. The highest BCUT2D eigenvalue weighted by atomic mass is 16.5. The lowest BCUT2D eigenvalue weighted by Gasteiger charge is -2.40. The van der Waals surface area contributed by atoms with Crippen molar-refractivity contribution in [3.63, 3.8) is 0 Å². The Kier molecular flexibility index (Phi) is 6.05. The van der Waals surface area contributed by atoms with Crippen molar-refractivity contribution in [3.05, 3.63) is 0 Å². The molecule has 3 N–H and O–H groups in total. The quantitative estimate of drug-likeness (QED) is 0.610. The second-order valence-corrected chi connectivity index (χ2v) is 5.29. The number of carbonyl (C=O) groups excluding carboxylic acids is 1. The maximum Gasteiger partial charge on any atom is 0.220 e. The van der Waals surface area contributed by atoms with E-state index in [9.17, 15) is 9.90 Å². The van der Waals surface area contributed by atoms with Gasteiger partial charge in [-0.15, -0.1) is 0 Å². The van der Waals surface area contributed by atoms with E-state index in [0.29, 0.717) is 19.4 Å². The molecular weight excluding hydrogens is 234 g/mol. The Hall–Kier alpha value is -0.650. The van der Waals surface area contributed by atoms with Crippen LogP contribution in [-0.4, -0.2) is 47.1 Å². The van der Waals surface area contributed by atoms with Gasteiger partial charge in [-0.2, -0.15) is 0 Å². The molecule has 1 heterocycles. The molecule has 1 aliphatic heterocycles. The number of amides is 1. The number of ether oxygens (including phenoxy) is 1. The topological polar surface area (TPSA) is 78.8 Å². The van der Waals surface area contributed by atoms with Crippen molar-refractivity contribution in [1.82, 2.24) is 5.32 Å². The zero-order valence-corrected chi connectivity index (χ0v) is 11.3. The molecule has 0 spiro atoms. The summed E-state index contributed by atoms with van der Waals surface area (Å²) in [5.74, 6) is 0.00954. The third-order valence-corrected chi connectivity index (χ3v) is 3.39. The summed E-state index contributed by atoms with van der Waals surface area (Å²) in [7, 11) is 0. The van der Waals surface area contributed by atoms with E-state index in [1.165, 1.54) is 0 Å². The van der Waals surface area contributed by atoms with Gasteiger partial charge in [-0.05, 0) is 13.3 Å². The Morgan fingerprint density at radius 2 is 2.22 bits per heavy atom. The molecule has 5 heteroatoms. The molecule has 1 amide bonds. The largest absolute Gasteiger partial charge is 0.394 e. The third kappa shape index (κ3) is 4.55. The SMILES string of the molecule is CCCCCC(=O)N[C@H]1CO[C@H](CO)[C@@](C)(O)C1. The van der Waals surface area contributed by atoms with E-state index in [1.54, 1.807) is 6.92 Å². The van der Waals surface area contributed by atoms with Gasteiger partial charge in [0.1, 0.15) is 6.10 Å². The number of carbonyl (C=O) groups is 1. The van der Waals surface area contributed by atoms with E-state index in [4.69, 9.17) is 9.84 Å². The van der Waals surface area contributed by atoms with Gasteiger partial charge in [-0.3, -0.25) is 4.79 Å². The molecule has 0 aliphatic carbocycles. The first-order valence-corrected chi connectivity index (χ1v) is 6.73. The van der Waals surface area contributed by atoms with Crippen LogP contribution < -0.4 is 5.32 Å². The predicted octanol–water partition coefficient (Wildman–Crippen LogP) is 0.584. The van der Waals surface area contributed by atoms with Crippen LogP contribution in [0.25, 0.3) is 0 Å². The van der Waals surface area contributed by atoms with Gasteiger partial charge < -0.3 is 20.3 Å². The van der Waals surface area contributed by atoms with Crippen LogP contribution in [0, 0.1) is 0 Å². The van der Waals surface area contributed by atoms with Gasteiger partial charge in [0.25, 0.3) is 0 Å². The summed E-state index contributed by atoms with van der Waals surface area (Å²) >= 11 is 0. The molecule has 0 saturated carbocycles. The van der Waals surface area contributed by atoms with Crippen LogP contribution in [-0.2, 0) is 9.53 Å². The number of hydrogen-bond acceptors (Lipinski definition) is 4. The molecule has 1 saturated heterocycles. The number of nitrogens with one attached hydrogen (secondary N) is 1. The average Bonchev–Trinajstić information content (AvgIpc) is 2.28. The molecule has 0 unspecified atom stereocenters. The molecule has 0 bridgehead atoms. The van der Waals surface area contributed by atoms with Crippen molar-refractivity contribution in [2.24, 2.45) is 0 Å². The van der Waals surface area contributed by atoms with E-state index in [0.717, 1.165) is 19.3 Å². The Balaban J connectivity index is 2.34. The molecule has 0 aromatic carbocycles. The van der Waals surface area contributed by atoms with Gasteiger partial charge in [0.05, 0.1) is 24.9 Å². The summed E-state index contributed by atoms with van der Waals surface area (Å²) in [6.45, 7) is 3.87. The summed E-state index contributed by atoms with van der Waals surface area (Å²) in [6, 6.07) is -0.170. The lowest BCUT2D eigenvalue weighted by molar-refractivity contribution is -0.161. The highest BCUT2D eigenvalue weighted by Gasteiger charge is 2.39. The van der Waals surface area contributed by atoms with Crippen LogP contribution in [0.2, 0.25) is 0 Å². The van der Waals surface area contributed by atoms with E-state index in [1.807, 2.05) is 0 Å². The molecule has 1 fully saturated rings. The molecule has 1 aliphatic rings. The fourth-order valence-electron chi connectivity index (χ4n) is 2.28. The smallest absolute Gasteiger partial charge is 0.220 e. The van der Waals surface area contributed by atoms with E-state index in [2.05, 4.69) is 12.2 Å². The highest BCUT2D eigenvalue weighted by molar-refractivity contribution is 5.76. The van der Waals surface area contributed by atoms with Crippen LogP contribution in [0.4, 0.5) is 0 Å². The van der Waals surface area contributed by atoms with Crippen LogP contribution in [0.3, 0.4) is 0 Å². The van der Waals surface area contributed by atoms with Gasteiger partial charge in [0, 0.05) is 12.8 Å². The Bertz CT molecular complexity index is 268. The van der Waals surface area contributed by atoms with Crippen molar-refractivity contribution in [1.29, 1.82) is 0 Å². The lowest BCUT2D eigenvalue weighted by atomic mass is 9.89. The van der Waals surface area contributed by atoms with Crippen molar-refractivity contribution in [2.45, 2.75) is 63.7 Å². The number of aliphatic hydroxyl groups is 2. The van der Waals surface area contributed by atoms with Crippen LogP contribution >= 0.6 is 0 Å². The first kappa shape index (κ1) is 15.4. The molecule has 1 rings (SSSR count). The van der Waals surface area contributed by atoms with E-state index in [-0.39, 0.29) is 18.6 Å². The fourth-order valence-corrected chi connectivity index (χ4v) is 2.28. The Morgan fingerprint density at radius 1 is 1.50 bits per heavy atom. The van der Waals surface area contributed by atoms with Gasteiger partial charge in [-0.25, -0.2) is 0 Å². The maximum absolute atomic E-state index is 11.7. The van der Waals surface area contributed by atoms with Crippen molar-refractivity contribution >= 4 is 5.91 Å². The Labute approximate surface area is 109 Å². The molecule has 0 radical (unpaired) electrons. The standard InChI is InChI=1S/C13H25NO4/c1-3-4-5-6-12(16)14-10-7-13(2,17)11(8-15)18-9-10/h10-11,15,17H,3-9H2,1-2H3,(H,14,16)/t10-,11-,13+/m1/s1. The molecular formula is C13H25NO4. The van der Waals surface area contributed by atoms with E-state index < -0.39 is 11.7 Å². The first-order valence-electron chi connectivity index (χ1n) is 6.73. The minimum atomic E-state index is -1.09. The minimum Gasteiger partial charge on any atom is -0.394 e. The fraction of sp³-hybridized carbons (Fsp3) is 0.923.